The highest BCUT2D eigenvalue weighted by Gasteiger charge is 2.44. The average Bonchev–Trinajstić information content (AvgIpc) is 3.12. The number of piperidine rings is 1. The van der Waals surface area contributed by atoms with E-state index in [-0.39, 0.29) is 28.7 Å². The van der Waals surface area contributed by atoms with Gasteiger partial charge < -0.3 is 20.3 Å². The number of nitrogens with zero attached hydrogens (tertiary/aromatic N) is 2. The maximum atomic E-state index is 13.5. The lowest BCUT2D eigenvalue weighted by molar-refractivity contribution is -0.143. The van der Waals surface area contributed by atoms with Crippen LogP contribution in [0.1, 0.15) is 55.5 Å². The SMILES string of the molecule is CC(C)(Oc1ccc(Cl)cc1C(F)(F)F)C(=O)NC1CC2CCC(C1)N2c1ccc(C(=O)NCC(F)F)cn1. The van der Waals surface area contributed by atoms with Gasteiger partial charge in [-0.3, -0.25) is 9.59 Å². The van der Waals surface area contributed by atoms with Gasteiger partial charge in [0.25, 0.3) is 18.2 Å². The van der Waals surface area contributed by atoms with Crippen LogP contribution < -0.4 is 20.3 Å². The molecule has 2 aliphatic rings. The van der Waals surface area contributed by atoms with Crippen molar-refractivity contribution in [2.45, 2.75) is 75.9 Å². The minimum Gasteiger partial charge on any atom is -0.477 e. The van der Waals surface area contributed by atoms with Crippen LogP contribution in [-0.2, 0) is 11.0 Å². The summed E-state index contributed by atoms with van der Waals surface area (Å²) < 4.78 is 70.7. The van der Waals surface area contributed by atoms with Crippen LogP contribution >= 0.6 is 11.6 Å². The van der Waals surface area contributed by atoms with Gasteiger partial charge >= 0.3 is 6.18 Å². The molecule has 2 saturated heterocycles. The number of anilines is 1. The topological polar surface area (TPSA) is 83.6 Å². The van der Waals surface area contributed by atoms with Gasteiger partial charge in [-0.05, 0) is 69.9 Å². The number of alkyl halides is 5. The second-order valence-electron chi connectivity index (χ2n) is 10.2. The Labute approximate surface area is 227 Å². The number of carbonyl (C=O) groups is 2. The highest BCUT2D eigenvalue weighted by Crippen LogP contribution is 2.40. The van der Waals surface area contributed by atoms with E-state index < -0.39 is 47.9 Å². The number of rotatable bonds is 8. The number of fused-ring (bicyclic) bond motifs is 2. The van der Waals surface area contributed by atoms with E-state index in [0.29, 0.717) is 18.7 Å². The molecule has 39 heavy (non-hydrogen) atoms. The molecule has 0 aliphatic carbocycles. The first-order valence-corrected chi connectivity index (χ1v) is 12.8. The molecule has 2 unspecified atom stereocenters. The van der Waals surface area contributed by atoms with Crippen LogP contribution in [0.4, 0.5) is 27.8 Å². The molecule has 0 radical (unpaired) electrons. The van der Waals surface area contributed by atoms with Gasteiger partial charge in [-0.25, -0.2) is 13.8 Å². The molecule has 4 rings (SSSR count). The van der Waals surface area contributed by atoms with E-state index in [1.807, 2.05) is 0 Å². The van der Waals surface area contributed by atoms with Gasteiger partial charge in [0.05, 0.1) is 17.7 Å². The van der Waals surface area contributed by atoms with Crippen molar-refractivity contribution in [3.05, 3.63) is 52.7 Å². The lowest BCUT2D eigenvalue weighted by atomic mass is 9.96. The Bertz CT molecular complexity index is 1200. The fourth-order valence-electron chi connectivity index (χ4n) is 5.11. The zero-order valence-electron chi connectivity index (χ0n) is 21.2. The average molecular weight is 575 g/mol. The summed E-state index contributed by atoms with van der Waals surface area (Å²) >= 11 is 5.73. The molecule has 2 atom stereocenters. The number of nitrogens with one attached hydrogen (secondary N) is 2. The lowest BCUT2D eigenvalue weighted by Crippen LogP contribution is -2.55. The minimum atomic E-state index is -4.71. The zero-order chi connectivity index (χ0) is 28.5. The fraction of sp³-hybridized carbons (Fsp3) is 0.500. The van der Waals surface area contributed by atoms with Gasteiger partial charge in [-0.2, -0.15) is 13.2 Å². The number of aromatic nitrogens is 1. The van der Waals surface area contributed by atoms with Crippen molar-refractivity contribution in [1.82, 2.24) is 15.6 Å². The number of hydrogen-bond donors (Lipinski definition) is 2. The van der Waals surface area contributed by atoms with E-state index in [0.717, 1.165) is 25.0 Å². The Morgan fingerprint density at radius 1 is 1.13 bits per heavy atom. The van der Waals surface area contributed by atoms with Crippen molar-refractivity contribution in [1.29, 1.82) is 0 Å². The summed E-state index contributed by atoms with van der Waals surface area (Å²) in [5, 5.41) is 4.97. The number of amides is 2. The number of benzene rings is 1. The standard InChI is InChI=1S/C26H28ClF5N4O3/c1-25(2,39-20-7-4-15(27)9-19(20)26(30,31)32)24(38)35-16-10-17-5-6-18(11-16)36(17)22-8-3-14(12-33-22)23(37)34-13-21(28)29/h3-4,7-9,12,16-18,21H,5-6,10-11,13H2,1-2H3,(H,34,37)(H,35,38). The Morgan fingerprint density at radius 2 is 1.79 bits per heavy atom. The molecule has 2 aliphatic heterocycles. The summed E-state index contributed by atoms with van der Waals surface area (Å²) in [6.45, 7) is 2.07. The highest BCUT2D eigenvalue weighted by molar-refractivity contribution is 6.30. The molecular weight excluding hydrogens is 547 g/mol. The Kier molecular flexibility index (Phi) is 8.25. The molecule has 2 bridgehead atoms. The highest BCUT2D eigenvalue weighted by atomic mass is 35.5. The van der Waals surface area contributed by atoms with Crippen LogP contribution in [0.5, 0.6) is 5.75 Å². The Balaban J connectivity index is 1.38. The van der Waals surface area contributed by atoms with Crippen LogP contribution in [0.25, 0.3) is 0 Å². The van der Waals surface area contributed by atoms with Crippen molar-refractivity contribution in [2.24, 2.45) is 0 Å². The van der Waals surface area contributed by atoms with Crippen molar-refractivity contribution < 1.29 is 36.3 Å². The summed E-state index contributed by atoms with van der Waals surface area (Å²) in [6, 6.07) is 6.21. The van der Waals surface area contributed by atoms with E-state index >= 15 is 0 Å². The van der Waals surface area contributed by atoms with E-state index in [9.17, 15) is 31.5 Å². The van der Waals surface area contributed by atoms with Crippen LogP contribution in [0.2, 0.25) is 5.02 Å². The summed E-state index contributed by atoms with van der Waals surface area (Å²) in [7, 11) is 0. The normalized spacial score (nSPS) is 21.2. The lowest BCUT2D eigenvalue weighted by Gasteiger charge is -2.41. The molecule has 7 nitrogen and oxygen atoms in total. The molecule has 2 amide bonds. The number of ether oxygens (including phenoxy) is 1. The summed E-state index contributed by atoms with van der Waals surface area (Å²) in [5.74, 6) is -1.02. The maximum Gasteiger partial charge on any atom is 0.420 e. The third-order valence-corrected chi connectivity index (χ3v) is 7.15. The number of pyridine rings is 1. The Morgan fingerprint density at radius 3 is 2.36 bits per heavy atom. The van der Waals surface area contributed by atoms with E-state index in [1.54, 1.807) is 6.07 Å². The fourth-order valence-corrected chi connectivity index (χ4v) is 5.28. The Hall–Kier alpha value is -3.15. The third-order valence-electron chi connectivity index (χ3n) is 6.92. The number of hydrogen-bond acceptors (Lipinski definition) is 5. The molecular formula is C26H28ClF5N4O3. The summed E-state index contributed by atoms with van der Waals surface area (Å²) in [4.78, 5) is 31.6. The number of carbonyl (C=O) groups excluding carboxylic acids is 2. The molecule has 1 aromatic heterocycles. The predicted molar refractivity (Wildman–Crippen MR) is 134 cm³/mol. The largest absolute Gasteiger partial charge is 0.477 e. The first kappa shape index (κ1) is 28.8. The molecule has 1 aromatic carbocycles. The smallest absolute Gasteiger partial charge is 0.420 e. The van der Waals surface area contributed by atoms with Crippen LogP contribution in [0.15, 0.2) is 36.5 Å². The first-order valence-electron chi connectivity index (χ1n) is 12.4. The van der Waals surface area contributed by atoms with Gasteiger partial charge in [0.15, 0.2) is 5.60 Å². The predicted octanol–water partition coefficient (Wildman–Crippen LogP) is 5.22. The molecule has 0 saturated carbocycles. The van der Waals surface area contributed by atoms with Gasteiger partial charge in [-0.15, -0.1) is 0 Å². The second-order valence-corrected chi connectivity index (χ2v) is 10.6. The molecule has 2 fully saturated rings. The molecule has 2 N–H and O–H groups in total. The summed E-state index contributed by atoms with van der Waals surface area (Å²) in [6.07, 6.45) is -3.12. The van der Waals surface area contributed by atoms with Crippen molar-refractivity contribution in [2.75, 3.05) is 11.4 Å². The molecule has 2 aromatic rings. The van der Waals surface area contributed by atoms with Gasteiger partial charge in [0.1, 0.15) is 11.6 Å². The van der Waals surface area contributed by atoms with Crippen molar-refractivity contribution in [3.63, 3.8) is 0 Å². The quantitative estimate of drug-likeness (QED) is 0.422. The maximum absolute atomic E-state index is 13.5. The van der Waals surface area contributed by atoms with E-state index in [2.05, 4.69) is 20.5 Å². The monoisotopic (exact) mass is 574 g/mol. The second kappa shape index (κ2) is 11.1. The van der Waals surface area contributed by atoms with Gasteiger partial charge in [0, 0.05) is 29.3 Å². The van der Waals surface area contributed by atoms with Crippen LogP contribution in [0, 0.1) is 0 Å². The first-order chi connectivity index (χ1) is 18.2. The van der Waals surface area contributed by atoms with Crippen molar-refractivity contribution >= 4 is 29.2 Å². The van der Waals surface area contributed by atoms with E-state index in [1.165, 1.54) is 32.2 Å². The molecule has 212 valence electrons. The minimum absolute atomic E-state index is 0.0530. The number of halogens is 6. The third kappa shape index (κ3) is 6.71. The van der Waals surface area contributed by atoms with Crippen LogP contribution in [-0.4, -0.2) is 53.5 Å². The van der Waals surface area contributed by atoms with E-state index in [4.69, 9.17) is 16.3 Å². The van der Waals surface area contributed by atoms with Gasteiger partial charge in [-0.1, -0.05) is 11.6 Å². The van der Waals surface area contributed by atoms with Crippen LogP contribution in [0.3, 0.4) is 0 Å². The molecule has 3 heterocycles. The molecule has 13 heteroatoms. The summed E-state index contributed by atoms with van der Waals surface area (Å²) in [5.41, 5.74) is -2.48. The molecule has 0 spiro atoms. The zero-order valence-corrected chi connectivity index (χ0v) is 22.0. The van der Waals surface area contributed by atoms with Crippen molar-refractivity contribution in [3.8, 4) is 5.75 Å². The van der Waals surface area contributed by atoms with Gasteiger partial charge in [0.2, 0.25) is 0 Å².